The topological polar surface area (TPSA) is 128 Å². The van der Waals surface area contributed by atoms with E-state index in [4.69, 9.17) is 14.9 Å². The van der Waals surface area contributed by atoms with E-state index >= 15 is 0 Å². The number of nitrogens with zero attached hydrogens (tertiary/aromatic N) is 2. The van der Waals surface area contributed by atoms with Gasteiger partial charge in [-0.25, -0.2) is 0 Å². The Morgan fingerprint density at radius 1 is 1.07 bits per heavy atom. The highest BCUT2D eigenvalue weighted by molar-refractivity contribution is 5.92. The molecule has 40 heavy (non-hydrogen) atoms. The van der Waals surface area contributed by atoms with E-state index in [1.54, 1.807) is 25.3 Å². The van der Waals surface area contributed by atoms with Gasteiger partial charge in [-0.3, -0.25) is 19.3 Å². The molecule has 2 aliphatic rings. The lowest BCUT2D eigenvalue weighted by atomic mass is 9.83. The van der Waals surface area contributed by atoms with Crippen molar-refractivity contribution in [3.05, 3.63) is 104 Å². The third-order valence-corrected chi connectivity index (χ3v) is 8.17. The maximum absolute atomic E-state index is 13.0. The average molecular weight is 542 g/mol. The molecule has 3 atom stereocenters. The summed E-state index contributed by atoms with van der Waals surface area (Å²) in [7, 11) is 1.59. The number of amides is 1. The number of ether oxygens (including phenoxy) is 1. The Hall–Kier alpha value is -4.37. The molecule has 2 aromatic heterocycles. The van der Waals surface area contributed by atoms with Crippen LogP contribution < -0.4 is 21.5 Å². The summed E-state index contributed by atoms with van der Waals surface area (Å²) in [5.74, 6) is -0.299. The molecule has 3 unspecified atom stereocenters. The van der Waals surface area contributed by atoms with E-state index in [1.807, 2.05) is 41.0 Å². The van der Waals surface area contributed by atoms with Crippen molar-refractivity contribution < 1.29 is 19.1 Å². The summed E-state index contributed by atoms with van der Waals surface area (Å²) in [5, 5.41) is 12.5. The van der Waals surface area contributed by atoms with Crippen molar-refractivity contribution in [1.82, 2.24) is 9.47 Å². The summed E-state index contributed by atoms with van der Waals surface area (Å²) in [4.78, 5) is 39.8. The summed E-state index contributed by atoms with van der Waals surface area (Å²) < 4.78 is 13.6. The van der Waals surface area contributed by atoms with Gasteiger partial charge in [-0.15, -0.1) is 0 Å². The minimum Gasteiger partial charge on any atom is -0.502 e. The molecule has 0 saturated carbocycles. The lowest BCUT2D eigenvalue weighted by Crippen LogP contribution is -2.46. The molecule has 6 rings (SSSR count). The van der Waals surface area contributed by atoms with Crippen molar-refractivity contribution in [3.8, 4) is 11.5 Å². The van der Waals surface area contributed by atoms with Gasteiger partial charge in [-0.1, -0.05) is 36.4 Å². The summed E-state index contributed by atoms with van der Waals surface area (Å²) >= 11 is 0. The van der Waals surface area contributed by atoms with Crippen LogP contribution in [0.2, 0.25) is 0 Å². The standard InChI is InChI=1S/C31H31N3O6/c1-39-27-10-9-22(21-5-2-3-6-23(21)27)24(13-28(32)36)31-30(38)26(35)12-20(40-31)17-33-14-18-11-19(16-33)25-7-4-8-29(37)34(25)15-18/h2-10,12,18-19,24,38H,11,13-17H2,1H3,(H2,32,36). The highest BCUT2D eigenvalue weighted by Crippen LogP contribution is 2.40. The third kappa shape index (κ3) is 4.66. The molecule has 2 aliphatic heterocycles. The van der Waals surface area contributed by atoms with E-state index in [-0.39, 0.29) is 23.7 Å². The van der Waals surface area contributed by atoms with Crippen molar-refractivity contribution in [2.24, 2.45) is 11.7 Å². The molecule has 9 heteroatoms. The van der Waals surface area contributed by atoms with E-state index in [9.17, 15) is 19.5 Å². The minimum absolute atomic E-state index is 0.0192. The second-order valence-corrected chi connectivity index (χ2v) is 10.8. The number of aromatic hydroxyl groups is 1. The zero-order valence-electron chi connectivity index (χ0n) is 22.2. The Kier molecular flexibility index (Phi) is 6.67. The number of primary amides is 1. The van der Waals surface area contributed by atoms with Gasteiger partial charge in [0.05, 0.1) is 19.6 Å². The molecule has 2 aromatic carbocycles. The number of likely N-dealkylation sites (tertiary alicyclic amines) is 1. The fourth-order valence-electron chi connectivity index (χ4n) is 6.54. The average Bonchev–Trinajstić information content (AvgIpc) is 2.94. The number of benzene rings is 2. The minimum atomic E-state index is -0.777. The molecule has 4 aromatic rings. The number of hydrogen-bond donors (Lipinski definition) is 2. The van der Waals surface area contributed by atoms with Crippen LogP contribution in [-0.2, 0) is 17.9 Å². The number of piperidine rings is 1. The van der Waals surface area contributed by atoms with Gasteiger partial charge in [-0.2, -0.15) is 0 Å². The van der Waals surface area contributed by atoms with Gasteiger partial charge in [0, 0.05) is 55.2 Å². The van der Waals surface area contributed by atoms with E-state index < -0.39 is 23.0 Å². The molecule has 1 amide bonds. The van der Waals surface area contributed by atoms with Crippen LogP contribution in [0.15, 0.2) is 74.7 Å². The monoisotopic (exact) mass is 541 g/mol. The van der Waals surface area contributed by atoms with Gasteiger partial charge in [0.2, 0.25) is 17.1 Å². The molecule has 4 heterocycles. The summed E-state index contributed by atoms with van der Waals surface area (Å²) in [5.41, 5.74) is 6.84. The molecule has 1 fully saturated rings. The molecule has 2 bridgehead atoms. The third-order valence-electron chi connectivity index (χ3n) is 8.17. The molecule has 0 aliphatic carbocycles. The number of hydrogen-bond acceptors (Lipinski definition) is 7. The van der Waals surface area contributed by atoms with E-state index in [0.717, 1.165) is 29.4 Å². The Bertz CT molecular complexity index is 1720. The fraction of sp³-hybridized carbons (Fsp3) is 0.323. The Labute approximate surface area is 230 Å². The first-order valence-electron chi connectivity index (χ1n) is 13.4. The van der Waals surface area contributed by atoms with Gasteiger partial charge in [0.1, 0.15) is 11.5 Å². The Morgan fingerprint density at radius 3 is 2.65 bits per heavy atom. The van der Waals surface area contributed by atoms with Gasteiger partial charge >= 0.3 is 0 Å². The first-order valence-corrected chi connectivity index (χ1v) is 13.4. The highest BCUT2D eigenvalue weighted by Gasteiger charge is 2.35. The van der Waals surface area contributed by atoms with E-state index in [2.05, 4.69) is 4.90 Å². The van der Waals surface area contributed by atoms with Crippen LogP contribution >= 0.6 is 0 Å². The van der Waals surface area contributed by atoms with Gasteiger partial charge in [0.25, 0.3) is 5.56 Å². The van der Waals surface area contributed by atoms with Gasteiger partial charge in [-0.05, 0) is 35.4 Å². The van der Waals surface area contributed by atoms with Crippen LogP contribution in [0.1, 0.15) is 47.5 Å². The van der Waals surface area contributed by atoms with Crippen molar-refractivity contribution in [1.29, 1.82) is 0 Å². The second-order valence-electron chi connectivity index (χ2n) is 10.8. The molecule has 3 N–H and O–H groups in total. The first kappa shape index (κ1) is 25.9. The number of nitrogens with two attached hydrogens (primary N) is 1. The predicted molar refractivity (Wildman–Crippen MR) is 150 cm³/mol. The number of aromatic nitrogens is 1. The Balaban J connectivity index is 1.37. The van der Waals surface area contributed by atoms with Crippen LogP contribution in [0.4, 0.5) is 0 Å². The second kappa shape index (κ2) is 10.3. The lowest BCUT2D eigenvalue weighted by Gasteiger charge is -2.42. The van der Waals surface area contributed by atoms with Crippen molar-refractivity contribution in [2.45, 2.75) is 37.8 Å². The van der Waals surface area contributed by atoms with E-state index in [0.29, 0.717) is 42.6 Å². The first-order chi connectivity index (χ1) is 19.3. The molecule has 0 radical (unpaired) electrons. The summed E-state index contributed by atoms with van der Waals surface area (Å²) in [6.07, 6.45) is 0.853. The molecule has 206 valence electrons. The van der Waals surface area contributed by atoms with Gasteiger partial charge < -0.3 is 24.6 Å². The van der Waals surface area contributed by atoms with E-state index in [1.165, 1.54) is 6.07 Å². The van der Waals surface area contributed by atoms with Crippen LogP contribution in [-0.4, -0.2) is 40.7 Å². The van der Waals surface area contributed by atoms with Crippen molar-refractivity contribution >= 4 is 16.7 Å². The summed E-state index contributed by atoms with van der Waals surface area (Å²) in [6.45, 7) is 2.50. The van der Waals surface area contributed by atoms with Crippen molar-refractivity contribution in [2.75, 3.05) is 20.2 Å². The number of carbonyl (C=O) groups is 1. The smallest absolute Gasteiger partial charge is 0.250 e. The zero-order valence-corrected chi connectivity index (χ0v) is 22.2. The molecule has 9 nitrogen and oxygen atoms in total. The molecule has 0 spiro atoms. The van der Waals surface area contributed by atoms with Crippen LogP contribution in [0.25, 0.3) is 10.8 Å². The number of carbonyl (C=O) groups excluding carboxylic acids is 1. The SMILES string of the molecule is COc1ccc(C(CC(N)=O)c2oc(CN3CC4CC(C3)c3cccc(=O)n3C4)cc(=O)c2O)c2ccccc12. The van der Waals surface area contributed by atoms with Crippen LogP contribution in [0.3, 0.4) is 0 Å². The van der Waals surface area contributed by atoms with Crippen LogP contribution in [0, 0.1) is 5.92 Å². The molecule has 1 saturated heterocycles. The van der Waals surface area contributed by atoms with Crippen LogP contribution in [0.5, 0.6) is 11.5 Å². The number of fused-ring (bicyclic) bond motifs is 5. The number of methoxy groups -OCH3 is 1. The van der Waals surface area contributed by atoms with Gasteiger partial charge in [0.15, 0.2) is 5.76 Å². The maximum Gasteiger partial charge on any atom is 0.250 e. The largest absolute Gasteiger partial charge is 0.502 e. The number of pyridine rings is 1. The Morgan fingerprint density at radius 2 is 1.88 bits per heavy atom. The highest BCUT2D eigenvalue weighted by atomic mass is 16.5. The normalized spacial score (nSPS) is 19.2. The number of rotatable bonds is 7. The van der Waals surface area contributed by atoms with Crippen molar-refractivity contribution in [3.63, 3.8) is 0 Å². The summed E-state index contributed by atoms with van der Waals surface area (Å²) in [6, 6.07) is 17.9. The quantitative estimate of drug-likeness (QED) is 0.367. The zero-order chi connectivity index (χ0) is 28.0. The lowest BCUT2D eigenvalue weighted by molar-refractivity contribution is -0.118. The molecular weight excluding hydrogens is 510 g/mol. The molecular formula is C31H31N3O6. The predicted octanol–water partition coefficient (Wildman–Crippen LogP) is 3.30. The maximum atomic E-state index is 13.0. The fourth-order valence-corrected chi connectivity index (χ4v) is 6.54.